The van der Waals surface area contributed by atoms with Crippen molar-refractivity contribution in [1.82, 2.24) is 0 Å². The molecule has 0 heterocycles. The highest BCUT2D eigenvalue weighted by molar-refractivity contribution is 5.82. The van der Waals surface area contributed by atoms with E-state index in [1.54, 1.807) is 12.2 Å². The summed E-state index contributed by atoms with van der Waals surface area (Å²) in [6.45, 7) is 1.95. The van der Waals surface area contributed by atoms with Gasteiger partial charge in [-0.15, -0.1) is 0 Å². The Morgan fingerprint density at radius 2 is 2.40 bits per heavy atom. The zero-order valence-corrected chi connectivity index (χ0v) is 8.73. The monoisotopic (exact) mass is 211 g/mol. The van der Waals surface area contributed by atoms with Crippen molar-refractivity contribution in [3.8, 4) is 0 Å². The summed E-state index contributed by atoms with van der Waals surface area (Å²) in [5.41, 5.74) is -0.732. The van der Waals surface area contributed by atoms with Crippen LogP contribution < -0.4 is 0 Å². The van der Waals surface area contributed by atoms with Gasteiger partial charge in [0.25, 0.3) is 0 Å². The number of esters is 1. The zero-order valence-electron chi connectivity index (χ0n) is 8.73. The molecule has 0 fully saturated rings. The summed E-state index contributed by atoms with van der Waals surface area (Å²) < 4.78 is 4.46. The topological polar surface area (TPSA) is 69.4 Å². The Balaban J connectivity index is 3.00. The average Bonchev–Trinajstić information content (AvgIpc) is 2.27. The molecule has 1 rings (SSSR count). The standard InChI is InChI=1S/C10H13NO4/c1-3-8-4-6-10(7-5-8,11(13)14)9(12)15-2/h4-6H,3,7H2,1-2H3. The molecular weight excluding hydrogens is 198 g/mol. The first-order chi connectivity index (χ1) is 7.06. The average molecular weight is 211 g/mol. The van der Waals surface area contributed by atoms with Gasteiger partial charge in [0.05, 0.1) is 13.5 Å². The van der Waals surface area contributed by atoms with Crippen LogP contribution in [0.4, 0.5) is 0 Å². The molecule has 15 heavy (non-hydrogen) atoms. The van der Waals surface area contributed by atoms with Gasteiger partial charge in [-0.2, -0.15) is 0 Å². The Morgan fingerprint density at radius 1 is 1.73 bits per heavy atom. The normalized spacial score (nSPS) is 24.5. The number of hydrogen-bond donors (Lipinski definition) is 0. The van der Waals surface area contributed by atoms with Crippen LogP contribution in [0.25, 0.3) is 0 Å². The van der Waals surface area contributed by atoms with Crippen LogP contribution in [0.15, 0.2) is 23.8 Å². The molecule has 1 unspecified atom stereocenters. The maximum atomic E-state index is 11.4. The lowest BCUT2D eigenvalue weighted by Gasteiger charge is -2.20. The lowest BCUT2D eigenvalue weighted by atomic mass is 9.88. The molecule has 0 radical (unpaired) electrons. The Bertz CT molecular complexity index is 345. The molecule has 0 amide bonds. The fourth-order valence-electron chi connectivity index (χ4n) is 1.47. The van der Waals surface area contributed by atoms with Gasteiger partial charge in [-0.3, -0.25) is 10.1 Å². The highest BCUT2D eigenvalue weighted by Gasteiger charge is 2.50. The van der Waals surface area contributed by atoms with Crippen LogP contribution in [0.3, 0.4) is 0 Å². The molecule has 0 bridgehead atoms. The Hall–Kier alpha value is -1.65. The molecule has 1 aliphatic carbocycles. The van der Waals surface area contributed by atoms with Gasteiger partial charge >= 0.3 is 11.5 Å². The summed E-state index contributed by atoms with van der Waals surface area (Å²) in [7, 11) is 1.15. The highest BCUT2D eigenvalue weighted by Crippen LogP contribution is 2.26. The van der Waals surface area contributed by atoms with Gasteiger partial charge in [-0.1, -0.05) is 24.6 Å². The van der Waals surface area contributed by atoms with Gasteiger partial charge < -0.3 is 4.74 Å². The molecule has 0 aromatic rings. The second-order valence-corrected chi connectivity index (χ2v) is 3.34. The van der Waals surface area contributed by atoms with Gasteiger partial charge in [0.1, 0.15) is 0 Å². The van der Waals surface area contributed by atoms with Crippen LogP contribution in [0.2, 0.25) is 0 Å². The van der Waals surface area contributed by atoms with E-state index < -0.39 is 16.4 Å². The van der Waals surface area contributed by atoms with E-state index in [1.165, 1.54) is 6.08 Å². The summed E-state index contributed by atoms with van der Waals surface area (Å²) >= 11 is 0. The van der Waals surface area contributed by atoms with Crippen molar-refractivity contribution in [3.05, 3.63) is 33.9 Å². The molecule has 5 heteroatoms. The van der Waals surface area contributed by atoms with E-state index >= 15 is 0 Å². The third-order valence-electron chi connectivity index (χ3n) is 2.52. The summed E-state index contributed by atoms with van der Waals surface area (Å²) in [5.74, 6) is -0.824. The highest BCUT2D eigenvalue weighted by atomic mass is 16.6. The van der Waals surface area contributed by atoms with Crippen LogP contribution in [0, 0.1) is 10.1 Å². The van der Waals surface area contributed by atoms with Crippen molar-refractivity contribution in [1.29, 1.82) is 0 Å². The molecule has 0 N–H and O–H groups in total. The molecule has 82 valence electrons. The molecule has 0 aliphatic heterocycles. The van der Waals surface area contributed by atoms with Crippen LogP contribution in [0.1, 0.15) is 19.8 Å². The second kappa shape index (κ2) is 4.25. The van der Waals surface area contributed by atoms with Gasteiger partial charge in [-0.05, 0) is 6.42 Å². The van der Waals surface area contributed by atoms with Crippen molar-refractivity contribution in [2.75, 3.05) is 7.11 Å². The van der Waals surface area contributed by atoms with Crippen molar-refractivity contribution >= 4 is 5.97 Å². The number of carbonyl (C=O) groups excluding carboxylic acids is 1. The minimum absolute atomic E-state index is 0.0619. The van der Waals surface area contributed by atoms with Crippen molar-refractivity contribution in [3.63, 3.8) is 0 Å². The van der Waals surface area contributed by atoms with E-state index in [-0.39, 0.29) is 6.42 Å². The van der Waals surface area contributed by atoms with Gasteiger partial charge in [0.2, 0.25) is 0 Å². The van der Waals surface area contributed by atoms with E-state index in [2.05, 4.69) is 4.74 Å². The number of carbonyl (C=O) groups is 1. The minimum Gasteiger partial charge on any atom is -0.463 e. The minimum atomic E-state index is -1.73. The lowest BCUT2D eigenvalue weighted by Crippen LogP contribution is -2.46. The van der Waals surface area contributed by atoms with Crippen LogP contribution >= 0.6 is 0 Å². The van der Waals surface area contributed by atoms with Crippen molar-refractivity contribution in [2.24, 2.45) is 0 Å². The fraction of sp³-hybridized carbons (Fsp3) is 0.500. The number of allylic oxidation sites excluding steroid dienone is 2. The first-order valence-electron chi connectivity index (χ1n) is 4.68. The molecule has 0 spiro atoms. The number of nitro groups is 1. The second-order valence-electron chi connectivity index (χ2n) is 3.34. The molecular formula is C10H13NO4. The Labute approximate surface area is 87.6 Å². The largest absolute Gasteiger partial charge is 0.463 e. The predicted octanol–water partition coefficient (Wildman–Crippen LogP) is 1.47. The van der Waals surface area contributed by atoms with Crippen LogP contribution in [-0.2, 0) is 9.53 Å². The van der Waals surface area contributed by atoms with Crippen molar-refractivity contribution < 1.29 is 14.5 Å². The van der Waals surface area contributed by atoms with E-state index in [4.69, 9.17) is 0 Å². The number of ether oxygens (including phenoxy) is 1. The third-order valence-corrected chi connectivity index (χ3v) is 2.52. The first kappa shape index (κ1) is 11.4. The first-order valence-corrected chi connectivity index (χ1v) is 4.68. The third kappa shape index (κ3) is 1.91. The van der Waals surface area contributed by atoms with Gasteiger partial charge in [0.15, 0.2) is 0 Å². The van der Waals surface area contributed by atoms with Crippen LogP contribution in [0.5, 0.6) is 0 Å². The SMILES string of the molecule is CCC1=CCC(C(=O)OC)([N+](=O)[O-])C=C1. The van der Waals surface area contributed by atoms with E-state index in [0.29, 0.717) is 0 Å². The fourth-order valence-corrected chi connectivity index (χ4v) is 1.47. The Morgan fingerprint density at radius 3 is 2.73 bits per heavy atom. The van der Waals surface area contributed by atoms with Gasteiger partial charge in [-0.25, -0.2) is 4.79 Å². The van der Waals surface area contributed by atoms with Gasteiger partial charge in [0, 0.05) is 11.0 Å². The van der Waals surface area contributed by atoms with E-state index in [0.717, 1.165) is 19.1 Å². The summed E-state index contributed by atoms with van der Waals surface area (Å²) in [4.78, 5) is 21.7. The summed E-state index contributed by atoms with van der Waals surface area (Å²) in [6.07, 6.45) is 5.50. The number of methoxy groups -OCH3 is 1. The molecule has 5 nitrogen and oxygen atoms in total. The molecule has 0 saturated carbocycles. The Kier molecular flexibility index (Phi) is 3.24. The van der Waals surface area contributed by atoms with Crippen molar-refractivity contribution in [2.45, 2.75) is 25.3 Å². The maximum Gasteiger partial charge on any atom is 0.389 e. The molecule has 0 saturated heterocycles. The van der Waals surface area contributed by atoms with Crippen LogP contribution in [-0.4, -0.2) is 23.5 Å². The maximum absolute atomic E-state index is 11.4. The van der Waals surface area contributed by atoms with E-state index in [1.807, 2.05) is 6.92 Å². The summed E-state index contributed by atoms with van der Waals surface area (Å²) in [6, 6.07) is 0. The lowest BCUT2D eigenvalue weighted by molar-refractivity contribution is -0.540. The molecule has 1 aliphatic rings. The molecule has 0 aromatic carbocycles. The number of hydrogen-bond acceptors (Lipinski definition) is 4. The summed E-state index contributed by atoms with van der Waals surface area (Å²) in [5, 5.41) is 10.9. The molecule has 0 aromatic heterocycles. The quantitative estimate of drug-likeness (QED) is 0.402. The number of rotatable bonds is 3. The molecule has 1 atom stereocenters. The smallest absolute Gasteiger partial charge is 0.389 e. The predicted molar refractivity (Wildman–Crippen MR) is 53.9 cm³/mol. The zero-order chi connectivity index (χ0) is 11.5. The number of nitrogens with zero attached hydrogens (tertiary/aromatic N) is 1. The van der Waals surface area contributed by atoms with E-state index in [9.17, 15) is 14.9 Å².